The van der Waals surface area contributed by atoms with Crippen LogP contribution < -0.4 is 4.90 Å². The predicted octanol–water partition coefficient (Wildman–Crippen LogP) is 5.34. The number of rotatable bonds is 7. The van der Waals surface area contributed by atoms with Crippen LogP contribution in [0.15, 0.2) is 24.3 Å². The summed E-state index contributed by atoms with van der Waals surface area (Å²) >= 11 is 11.9. The highest BCUT2D eigenvalue weighted by Gasteiger charge is 2.69. The Morgan fingerprint density at radius 1 is 1.11 bits per heavy atom. The Balaban J connectivity index is 1.37. The first-order chi connectivity index (χ1) is 16.8. The normalized spacial score (nSPS) is 40.0. The van der Waals surface area contributed by atoms with Crippen molar-refractivity contribution in [2.45, 2.75) is 70.4 Å². The van der Waals surface area contributed by atoms with E-state index in [1.807, 2.05) is 25.1 Å². The SMILES string of the molecule is C[C@@H]1CC[C@H]2[C@@H](C)C(OC(=O)c3cccc(N(CCCl)CCCl)c3)O[C@@H]3O[C@@]4(C)CC[C@@H]1[C@]32OO4. The van der Waals surface area contributed by atoms with E-state index in [0.29, 0.717) is 36.3 Å². The maximum atomic E-state index is 13.3. The third-order valence-corrected chi connectivity index (χ3v) is 8.81. The van der Waals surface area contributed by atoms with Gasteiger partial charge in [0.15, 0.2) is 11.9 Å². The number of anilines is 1. The Morgan fingerprint density at radius 3 is 2.63 bits per heavy atom. The summed E-state index contributed by atoms with van der Waals surface area (Å²) in [5.41, 5.74) is 0.654. The molecule has 8 atom stereocenters. The first-order valence-corrected chi connectivity index (χ1v) is 13.8. The van der Waals surface area contributed by atoms with Gasteiger partial charge in [0.05, 0.1) is 5.56 Å². The zero-order valence-electron chi connectivity index (χ0n) is 20.6. The van der Waals surface area contributed by atoms with Crippen molar-refractivity contribution in [2.75, 3.05) is 29.7 Å². The molecule has 5 fully saturated rings. The summed E-state index contributed by atoms with van der Waals surface area (Å²) in [5.74, 6) is 0.393. The van der Waals surface area contributed by atoms with Crippen LogP contribution in [0.25, 0.3) is 0 Å². The number of carbonyl (C=O) groups excluding carboxylic acids is 1. The van der Waals surface area contributed by atoms with Crippen LogP contribution in [-0.4, -0.2) is 54.8 Å². The van der Waals surface area contributed by atoms with Crippen molar-refractivity contribution in [2.24, 2.45) is 23.7 Å². The third-order valence-electron chi connectivity index (χ3n) is 8.48. The second-order valence-electron chi connectivity index (χ2n) is 10.6. The molecule has 9 heteroatoms. The smallest absolute Gasteiger partial charge is 0.340 e. The molecule has 5 aliphatic rings. The van der Waals surface area contributed by atoms with Crippen molar-refractivity contribution in [1.29, 1.82) is 0 Å². The average molecular weight is 528 g/mol. The lowest BCUT2D eigenvalue weighted by Crippen LogP contribution is -2.70. The summed E-state index contributed by atoms with van der Waals surface area (Å²) in [7, 11) is 0. The van der Waals surface area contributed by atoms with Crippen LogP contribution in [0.1, 0.15) is 56.8 Å². The minimum absolute atomic E-state index is 0.0768. The standard InChI is InChI=1S/C26H35Cl2NO6/c1-16-7-8-21-17(2)23(32-24-26(21)20(16)9-10-25(3,33-24)34-35-26)31-22(30)18-5-4-6-19(15-18)29(13-11-27)14-12-28/h4-6,15-17,20-21,23-24H,7-14H2,1-3H3/t16-,17-,20+,21+,23?,24-,25-,26-/m1/s1. The number of nitrogens with zero attached hydrogens (tertiary/aromatic N) is 1. The quantitative estimate of drug-likeness (QED) is 0.269. The van der Waals surface area contributed by atoms with Crippen molar-refractivity contribution < 1.29 is 28.8 Å². The van der Waals surface area contributed by atoms with Gasteiger partial charge in [-0.1, -0.05) is 19.9 Å². The van der Waals surface area contributed by atoms with Crippen molar-refractivity contribution in [3.8, 4) is 0 Å². The highest BCUT2D eigenvalue weighted by Crippen LogP contribution is 2.60. The number of hydrogen-bond donors (Lipinski definition) is 0. The molecule has 1 aromatic carbocycles. The number of halogens is 2. The molecule has 6 rings (SSSR count). The van der Waals surface area contributed by atoms with Crippen LogP contribution in [0.2, 0.25) is 0 Å². The van der Waals surface area contributed by atoms with Crippen LogP contribution in [0.4, 0.5) is 5.69 Å². The number of esters is 1. The fourth-order valence-corrected chi connectivity index (χ4v) is 6.99. The third kappa shape index (κ3) is 4.47. The highest BCUT2D eigenvalue weighted by atomic mass is 35.5. The minimum Gasteiger partial charge on any atom is -0.432 e. The lowest BCUT2D eigenvalue weighted by molar-refractivity contribution is -0.576. The first kappa shape index (κ1) is 25.6. The van der Waals surface area contributed by atoms with Crippen molar-refractivity contribution in [1.82, 2.24) is 0 Å². The van der Waals surface area contributed by atoms with E-state index in [0.717, 1.165) is 31.4 Å². The number of fused-ring (bicyclic) bond motifs is 2. The molecule has 194 valence electrons. The second-order valence-corrected chi connectivity index (χ2v) is 11.4. The van der Waals surface area contributed by atoms with E-state index in [-0.39, 0.29) is 17.8 Å². The maximum Gasteiger partial charge on any atom is 0.340 e. The summed E-state index contributed by atoms with van der Waals surface area (Å²) in [4.78, 5) is 27.3. The van der Waals surface area contributed by atoms with Gasteiger partial charge < -0.3 is 19.1 Å². The van der Waals surface area contributed by atoms with Crippen molar-refractivity contribution >= 4 is 34.9 Å². The molecule has 35 heavy (non-hydrogen) atoms. The molecule has 4 heterocycles. The molecule has 1 aliphatic carbocycles. The Hall–Kier alpha value is -1.09. The van der Waals surface area contributed by atoms with Crippen LogP contribution in [0.3, 0.4) is 0 Å². The molecule has 4 aliphatic heterocycles. The van der Waals surface area contributed by atoms with Crippen molar-refractivity contribution in [3.05, 3.63) is 29.8 Å². The second kappa shape index (κ2) is 9.99. The number of carbonyl (C=O) groups is 1. The summed E-state index contributed by atoms with van der Waals surface area (Å²) in [6, 6.07) is 7.35. The Labute approximate surface area is 217 Å². The van der Waals surface area contributed by atoms with E-state index in [2.05, 4.69) is 18.7 Å². The number of benzene rings is 1. The van der Waals surface area contributed by atoms with Gasteiger partial charge in [-0.3, -0.25) is 0 Å². The van der Waals surface area contributed by atoms with Gasteiger partial charge in [-0.2, -0.15) is 0 Å². The van der Waals surface area contributed by atoms with Crippen LogP contribution in [-0.2, 0) is 24.0 Å². The van der Waals surface area contributed by atoms with Gasteiger partial charge in [-0.15, -0.1) is 23.2 Å². The Bertz CT molecular complexity index is 929. The van der Waals surface area contributed by atoms with Gasteiger partial charge >= 0.3 is 5.97 Å². The van der Waals surface area contributed by atoms with Gasteiger partial charge in [0, 0.05) is 48.8 Å². The van der Waals surface area contributed by atoms with Gasteiger partial charge in [-0.25, -0.2) is 14.6 Å². The predicted molar refractivity (Wildman–Crippen MR) is 132 cm³/mol. The topological polar surface area (TPSA) is 66.5 Å². The average Bonchev–Trinajstić information content (AvgIpc) is 3.08. The molecule has 2 bridgehead atoms. The fraction of sp³-hybridized carbons (Fsp3) is 0.731. The van der Waals surface area contributed by atoms with Gasteiger partial charge in [0.25, 0.3) is 0 Å². The maximum absolute atomic E-state index is 13.3. The van der Waals surface area contributed by atoms with E-state index in [9.17, 15) is 4.79 Å². The molecule has 0 radical (unpaired) electrons. The van der Waals surface area contributed by atoms with Gasteiger partial charge in [0.1, 0.15) is 0 Å². The molecule has 4 saturated heterocycles. The number of hydrogen-bond acceptors (Lipinski definition) is 7. The number of alkyl halides is 2. The largest absolute Gasteiger partial charge is 0.432 e. The fourth-order valence-electron chi connectivity index (χ4n) is 6.58. The van der Waals surface area contributed by atoms with Crippen LogP contribution in [0.5, 0.6) is 0 Å². The highest BCUT2D eigenvalue weighted by molar-refractivity contribution is 6.18. The molecule has 1 saturated carbocycles. The molecule has 1 aromatic rings. The molecule has 1 unspecified atom stereocenters. The Kier molecular flexibility index (Phi) is 7.30. The van der Waals surface area contributed by atoms with E-state index in [1.165, 1.54) is 0 Å². The zero-order valence-corrected chi connectivity index (χ0v) is 22.1. The summed E-state index contributed by atoms with van der Waals surface area (Å²) in [6.45, 7) is 7.51. The molecule has 0 aromatic heterocycles. The number of ether oxygens (including phenoxy) is 3. The van der Waals surface area contributed by atoms with Crippen LogP contribution >= 0.6 is 23.2 Å². The van der Waals surface area contributed by atoms with Crippen LogP contribution in [0, 0.1) is 23.7 Å². The lowest BCUT2D eigenvalue weighted by Gasteiger charge is -2.59. The summed E-state index contributed by atoms with van der Waals surface area (Å²) in [5, 5.41) is 0. The summed E-state index contributed by atoms with van der Waals surface area (Å²) < 4.78 is 18.7. The van der Waals surface area contributed by atoms with E-state index >= 15 is 0 Å². The minimum atomic E-state index is -0.866. The summed E-state index contributed by atoms with van der Waals surface area (Å²) in [6.07, 6.45) is 2.34. The Morgan fingerprint density at radius 2 is 1.89 bits per heavy atom. The molecular formula is C26H35Cl2NO6. The molecule has 0 amide bonds. The molecule has 7 nitrogen and oxygen atoms in total. The van der Waals surface area contributed by atoms with Gasteiger partial charge in [0.2, 0.25) is 12.1 Å². The molecule has 1 spiro atoms. The van der Waals surface area contributed by atoms with Crippen molar-refractivity contribution in [3.63, 3.8) is 0 Å². The van der Waals surface area contributed by atoms with E-state index in [1.54, 1.807) is 6.07 Å². The van der Waals surface area contributed by atoms with E-state index in [4.69, 9.17) is 47.2 Å². The molecule has 0 N–H and O–H groups in total. The van der Waals surface area contributed by atoms with Gasteiger partial charge in [-0.05, 0) is 56.2 Å². The lowest BCUT2D eigenvalue weighted by atomic mass is 9.58. The zero-order chi connectivity index (χ0) is 24.8. The van der Waals surface area contributed by atoms with E-state index < -0.39 is 29.9 Å². The molecular weight excluding hydrogens is 493 g/mol. The monoisotopic (exact) mass is 527 g/mol. The first-order valence-electron chi connectivity index (χ1n) is 12.7.